The second kappa shape index (κ2) is 21.8. The highest BCUT2D eigenvalue weighted by Crippen LogP contribution is 2.43. The molecule has 0 spiro atoms. The van der Waals surface area contributed by atoms with E-state index in [4.69, 9.17) is 28.9 Å². The molecule has 3 aromatic heterocycles. The molecule has 0 saturated carbocycles. The van der Waals surface area contributed by atoms with E-state index in [1.54, 1.807) is 12.1 Å². The Balaban J connectivity index is 1.19. The maximum atomic E-state index is 12.1. The van der Waals surface area contributed by atoms with Gasteiger partial charge in [0.15, 0.2) is 17.8 Å². The summed E-state index contributed by atoms with van der Waals surface area (Å²) >= 11 is 0. The molecule has 5 aromatic rings. The van der Waals surface area contributed by atoms with Crippen LogP contribution in [0.1, 0.15) is 92.5 Å². The van der Waals surface area contributed by atoms with Crippen molar-refractivity contribution in [1.82, 2.24) is 19.9 Å². The van der Waals surface area contributed by atoms with E-state index in [2.05, 4.69) is 43.7 Å². The molecule has 0 amide bonds. The molecule has 4 aliphatic rings. The fraction of sp³-hybridized carbons (Fsp3) is 0.407. The monoisotopic (exact) mass is 1050 g/mol. The van der Waals surface area contributed by atoms with Crippen LogP contribution in [-0.4, -0.2) is 151 Å². The zero-order valence-electron chi connectivity index (χ0n) is 42.5. The molecular formula is C54H62N6O16. The molecule has 4 aliphatic heterocycles. The number of nitrogens with zero attached hydrogens (tertiary/aromatic N) is 4. The number of aromatic amines is 2. The molecule has 6 unspecified atom stereocenters. The quantitative estimate of drug-likeness (QED) is 0.0494. The minimum atomic E-state index is -1.94. The summed E-state index contributed by atoms with van der Waals surface area (Å²) in [6.45, 7) is 10.5. The predicted octanol–water partition coefficient (Wildman–Crippen LogP) is 5.33. The molecule has 2 fully saturated rings. The summed E-state index contributed by atoms with van der Waals surface area (Å²) in [6.07, 6.45) is -14.4. The van der Waals surface area contributed by atoms with Crippen LogP contribution >= 0.6 is 0 Å². The molecule has 7 heterocycles. The molecule has 22 nitrogen and oxygen atoms in total. The summed E-state index contributed by atoms with van der Waals surface area (Å²) in [7, 11) is 0. The highest BCUT2D eigenvalue weighted by atomic mass is 16.8. The van der Waals surface area contributed by atoms with Crippen LogP contribution in [-0.2, 0) is 27.1 Å². The SMILES string of the molecule is CCC1=C(CC)c2cc3[nH]c(cc4nc(cc5[nH]c(cc1n2)c(CC)c5CC)C(c1ccc(O)c([N+](=O)[O-])c1)=C4C)c(C)c3-c1ccc(OC2OC(CO)C(OC3OC(CO)C(O)[C@H](O)[C@H]3O)[C@H](O)[C@H]2O)c(N(O)O)c1. The number of ether oxygens (including phenoxy) is 4. The Morgan fingerprint density at radius 3 is 1.83 bits per heavy atom. The van der Waals surface area contributed by atoms with E-state index in [-0.39, 0.29) is 16.7 Å². The van der Waals surface area contributed by atoms with Gasteiger partial charge in [-0.2, -0.15) is 0 Å². The van der Waals surface area contributed by atoms with Crippen LogP contribution in [0.25, 0.3) is 55.5 Å². The van der Waals surface area contributed by atoms with Gasteiger partial charge < -0.3 is 69.8 Å². The van der Waals surface area contributed by atoms with Crippen molar-refractivity contribution in [1.29, 1.82) is 0 Å². The second-order valence-corrected chi connectivity index (χ2v) is 19.1. The van der Waals surface area contributed by atoms with Crippen LogP contribution in [0, 0.1) is 17.0 Å². The number of aliphatic hydroxyl groups is 7. The number of rotatable bonds is 14. The maximum absolute atomic E-state index is 12.1. The number of hydrogen-bond acceptors (Lipinski definition) is 19. The van der Waals surface area contributed by atoms with Crippen molar-refractivity contribution in [3.05, 3.63) is 116 Å². The smallest absolute Gasteiger partial charge is 0.311 e. The zero-order valence-corrected chi connectivity index (χ0v) is 42.5. The van der Waals surface area contributed by atoms with Crippen LogP contribution in [0.3, 0.4) is 0 Å². The van der Waals surface area contributed by atoms with E-state index in [0.717, 1.165) is 39.0 Å². The molecule has 404 valence electrons. The number of benzene rings is 2. The van der Waals surface area contributed by atoms with Crippen LogP contribution in [0.15, 0.2) is 60.7 Å². The Bertz CT molecular complexity index is 3290. The number of allylic oxidation sites excluding steroid dienone is 3. The first-order valence-electron chi connectivity index (χ1n) is 25.1. The third-order valence-corrected chi connectivity index (χ3v) is 14.7. The van der Waals surface area contributed by atoms with Gasteiger partial charge in [0.1, 0.15) is 54.5 Å². The van der Waals surface area contributed by atoms with Crippen molar-refractivity contribution in [3.63, 3.8) is 0 Å². The molecule has 12 N–H and O–H groups in total. The molecule has 76 heavy (non-hydrogen) atoms. The Hall–Kier alpha value is -6.64. The molecule has 9 rings (SSSR count). The van der Waals surface area contributed by atoms with Gasteiger partial charge in [0.2, 0.25) is 6.29 Å². The normalized spacial score (nSPS) is 24.8. The van der Waals surface area contributed by atoms with E-state index < -0.39 is 91.0 Å². The highest BCUT2D eigenvalue weighted by Gasteiger charge is 2.51. The van der Waals surface area contributed by atoms with Gasteiger partial charge in [-0.3, -0.25) is 20.5 Å². The summed E-state index contributed by atoms with van der Waals surface area (Å²) in [4.78, 5) is 29.1. The van der Waals surface area contributed by atoms with E-state index in [9.17, 15) is 61.4 Å². The van der Waals surface area contributed by atoms with Gasteiger partial charge in [0.25, 0.3) is 0 Å². The van der Waals surface area contributed by atoms with Gasteiger partial charge in [-0.05, 0) is 127 Å². The first kappa shape index (κ1) is 54.2. The topological polar surface area (TPSA) is 343 Å². The molecule has 22 heteroatoms. The molecule has 0 radical (unpaired) electrons. The molecule has 8 bridgehead atoms. The fourth-order valence-corrected chi connectivity index (χ4v) is 10.8. The molecule has 10 atom stereocenters. The Labute approximate surface area is 435 Å². The maximum Gasteiger partial charge on any atom is 0.311 e. The van der Waals surface area contributed by atoms with E-state index in [0.29, 0.717) is 87.2 Å². The van der Waals surface area contributed by atoms with Gasteiger partial charge in [-0.25, -0.2) is 9.97 Å². The predicted molar refractivity (Wildman–Crippen MR) is 277 cm³/mol. The minimum Gasteiger partial charge on any atom is -0.502 e. The number of aromatic hydroxyl groups is 1. The Morgan fingerprint density at radius 1 is 0.658 bits per heavy atom. The lowest BCUT2D eigenvalue weighted by Crippen LogP contribution is -2.65. The number of phenolic OH excluding ortho intramolecular Hbond substituents is 1. The van der Waals surface area contributed by atoms with Crippen molar-refractivity contribution in [2.24, 2.45) is 0 Å². The average Bonchev–Trinajstić information content (AvgIpc) is 4.14. The van der Waals surface area contributed by atoms with Crippen LogP contribution < -0.4 is 9.96 Å². The number of aliphatic hydroxyl groups excluding tert-OH is 7. The number of nitro benzene ring substituents is 1. The number of anilines is 1. The van der Waals surface area contributed by atoms with Crippen molar-refractivity contribution < 1.29 is 75.1 Å². The number of phenols is 1. The lowest BCUT2D eigenvalue weighted by molar-refractivity contribution is -0.385. The van der Waals surface area contributed by atoms with Gasteiger partial charge in [-0.15, -0.1) is 5.23 Å². The molecule has 2 saturated heterocycles. The van der Waals surface area contributed by atoms with Gasteiger partial charge >= 0.3 is 5.69 Å². The van der Waals surface area contributed by atoms with Gasteiger partial charge in [-0.1, -0.05) is 39.8 Å². The van der Waals surface area contributed by atoms with E-state index in [1.165, 1.54) is 24.3 Å². The standard InChI is InChI=1S/C54H62N6O16/c1-7-27-29(9-3)35-19-37-45(25-11-13-41(63)39(15-25)59(69)70)23(5)31(55-37)17-32-24(6)46(38(56-32)20-36-30(10-4)28(8-2)34(58-36)18-33(27)57-35)26-12-14-42(40(16-26)60(71)72)73-53-51(68)49(66)52(44(22-62)75-53)76-54-50(67)48(65)47(64)43(21-61)74-54/h11-20,43-44,47-54,56-57,61-68,71-72H,7-10,21-22H2,1-6H3/t43?,44?,47?,48-,49+,50+,51+,52?,53?,54?/m0/s1. The third kappa shape index (κ3) is 9.65. The van der Waals surface area contributed by atoms with Crippen LogP contribution in [0.4, 0.5) is 11.4 Å². The first-order valence-corrected chi connectivity index (χ1v) is 25.1. The van der Waals surface area contributed by atoms with Crippen molar-refractivity contribution in [2.45, 2.75) is 129 Å². The number of aromatic nitrogens is 4. The number of fused-ring (bicyclic) bond motifs is 8. The van der Waals surface area contributed by atoms with Crippen LogP contribution in [0.2, 0.25) is 0 Å². The van der Waals surface area contributed by atoms with Gasteiger partial charge in [0, 0.05) is 39.3 Å². The first-order chi connectivity index (χ1) is 36.4. The average molecular weight is 1050 g/mol. The number of nitrogens with one attached hydrogen (secondary N) is 2. The number of hydrogen-bond donors (Lipinski definition) is 12. The number of nitro groups is 1. The van der Waals surface area contributed by atoms with Crippen LogP contribution in [0.5, 0.6) is 11.5 Å². The summed E-state index contributed by atoms with van der Waals surface area (Å²) in [6, 6.07) is 16.5. The van der Waals surface area contributed by atoms with Gasteiger partial charge in [0.05, 0.1) is 40.9 Å². The lowest BCUT2D eigenvalue weighted by Gasteiger charge is -2.45. The van der Waals surface area contributed by atoms with E-state index >= 15 is 0 Å². The molecular weight excluding hydrogens is 989 g/mol. The highest BCUT2D eigenvalue weighted by molar-refractivity contribution is 6.01. The second-order valence-electron chi connectivity index (χ2n) is 19.1. The zero-order chi connectivity index (χ0) is 54.6. The Morgan fingerprint density at radius 2 is 1.22 bits per heavy atom. The largest absolute Gasteiger partial charge is 0.502 e. The minimum absolute atomic E-state index is 0.187. The fourth-order valence-electron chi connectivity index (χ4n) is 10.8. The number of aryl methyl sites for hydroxylation is 3. The van der Waals surface area contributed by atoms with Crippen molar-refractivity contribution >= 4 is 55.7 Å². The number of H-pyrrole nitrogens is 2. The molecule has 2 aromatic carbocycles. The Kier molecular flexibility index (Phi) is 15.5. The molecule has 0 aliphatic carbocycles. The lowest BCUT2D eigenvalue weighted by atomic mass is 9.96. The summed E-state index contributed by atoms with van der Waals surface area (Å²) < 4.78 is 22.9. The summed E-state index contributed by atoms with van der Waals surface area (Å²) in [5.74, 6) is -0.727. The summed E-state index contributed by atoms with van der Waals surface area (Å²) in [5, 5.41) is 118. The summed E-state index contributed by atoms with van der Waals surface area (Å²) in [5.41, 5.74) is 12.5. The van der Waals surface area contributed by atoms with Crippen molar-refractivity contribution in [3.8, 4) is 22.6 Å². The van der Waals surface area contributed by atoms with Crippen molar-refractivity contribution in [2.75, 3.05) is 18.4 Å². The third-order valence-electron chi connectivity index (χ3n) is 14.7. The van der Waals surface area contributed by atoms with E-state index in [1.807, 2.05) is 32.0 Å².